The standard InChI is InChI=1S/C30H27N3/c1-30(2,3)27-20-25(18-19-26(27)23-12-8-5-9-13-23)29-31-28(32-33-29)24-16-14-22(15-17-24)21-10-6-4-7-11-21/h4-20H,1-3H3,(H,31,32,33). The maximum atomic E-state index is 4.81. The number of H-pyrrole nitrogens is 1. The topological polar surface area (TPSA) is 41.6 Å². The second-order valence-electron chi connectivity index (χ2n) is 9.33. The smallest absolute Gasteiger partial charge is 0.181 e. The first-order valence-electron chi connectivity index (χ1n) is 11.3. The molecule has 3 nitrogen and oxygen atoms in total. The molecule has 0 unspecified atom stereocenters. The van der Waals surface area contributed by atoms with E-state index >= 15 is 0 Å². The van der Waals surface area contributed by atoms with Crippen LogP contribution in [0.15, 0.2) is 103 Å². The largest absolute Gasteiger partial charge is 0.259 e. The average Bonchev–Trinajstić information content (AvgIpc) is 3.35. The highest BCUT2D eigenvalue weighted by molar-refractivity contribution is 5.74. The Hall–Kier alpha value is -3.98. The van der Waals surface area contributed by atoms with Crippen LogP contribution in [-0.2, 0) is 5.41 Å². The van der Waals surface area contributed by atoms with Gasteiger partial charge in [0.2, 0.25) is 0 Å². The molecule has 0 fully saturated rings. The zero-order valence-corrected chi connectivity index (χ0v) is 19.2. The zero-order valence-electron chi connectivity index (χ0n) is 19.2. The average molecular weight is 430 g/mol. The Morgan fingerprint density at radius 1 is 0.576 bits per heavy atom. The minimum atomic E-state index is -0.00636. The quantitative estimate of drug-likeness (QED) is 0.317. The third kappa shape index (κ3) is 4.35. The summed E-state index contributed by atoms with van der Waals surface area (Å²) in [5.74, 6) is 1.48. The van der Waals surface area contributed by atoms with Gasteiger partial charge in [-0.3, -0.25) is 5.10 Å². The number of aromatic nitrogens is 3. The van der Waals surface area contributed by atoms with Gasteiger partial charge in [0.25, 0.3) is 0 Å². The van der Waals surface area contributed by atoms with Crippen LogP contribution < -0.4 is 0 Å². The minimum absolute atomic E-state index is 0.00636. The van der Waals surface area contributed by atoms with Crippen molar-refractivity contribution in [3.05, 3.63) is 109 Å². The van der Waals surface area contributed by atoms with E-state index in [1.165, 1.54) is 27.8 Å². The molecular weight excluding hydrogens is 402 g/mol. The number of nitrogens with zero attached hydrogens (tertiary/aromatic N) is 2. The monoisotopic (exact) mass is 429 g/mol. The summed E-state index contributed by atoms with van der Waals surface area (Å²) >= 11 is 0. The summed E-state index contributed by atoms with van der Waals surface area (Å²) in [7, 11) is 0. The highest BCUT2D eigenvalue weighted by Gasteiger charge is 2.20. The Kier molecular flexibility index (Phi) is 5.39. The van der Waals surface area contributed by atoms with E-state index in [1.807, 2.05) is 6.07 Å². The fourth-order valence-corrected chi connectivity index (χ4v) is 4.14. The summed E-state index contributed by atoms with van der Waals surface area (Å²) in [6.45, 7) is 6.74. The summed E-state index contributed by atoms with van der Waals surface area (Å²) in [4.78, 5) is 4.81. The lowest BCUT2D eigenvalue weighted by Crippen LogP contribution is -2.13. The summed E-state index contributed by atoms with van der Waals surface area (Å²) < 4.78 is 0. The fourth-order valence-electron chi connectivity index (χ4n) is 4.14. The third-order valence-corrected chi connectivity index (χ3v) is 5.92. The molecule has 3 heteroatoms. The minimum Gasteiger partial charge on any atom is -0.259 e. The number of rotatable bonds is 4. The van der Waals surface area contributed by atoms with Gasteiger partial charge in [0, 0.05) is 11.1 Å². The van der Waals surface area contributed by atoms with Crippen LogP contribution in [0, 0.1) is 0 Å². The van der Waals surface area contributed by atoms with Crippen molar-refractivity contribution in [3.63, 3.8) is 0 Å². The van der Waals surface area contributed by atoms with E-state index in [1.54, 1.807) is 0 Å². The van der Waals surface area contributed by atoms with Gasteiger partial charge in [-0.05, 0) is 39.3 Å². The number of hydrogen-bond donors (Lipinski definition) is 1. The van der Waals surface area contributed by atoms with E-state index in [9.17, 15) is 0 Å². The van der Waals surface area contributed by atoms with Crippen molar-refractivity contribution < 1.29 is 0 Å². The first-order chi connectivity index (χ1) is 16.0. The van der Waals surface area contributed by atoms with E-state index < -0.39 is 0 Å². The summed E-state index contributed by atoms with van der Waals surface area (Å²) in [6.07, 6.45) is 0. The summed E-state index contributed by atoms with van der Waals surface area (Å²) in [5.41, 5.74) is 8.18. The van der Waals surface area contributed by atoms with Crippen LogP contribution in [0.2, 0.25) is 0 Å². The van der Waals surface area contributed by atoms with Gasteiger partial charge >= 0.3 is 0 Å². The molecule has 0 amide bonds. The van der Waals surface area contributed by atoms with E-state index in [0.717, 1.165) is 17.0 Å². The van der Waals surface area contributed by atoms with E-state index in [0.29, 0.717) is 5.82 Å². The lowest BCUT2D eigenvalue weighted by atomic mass is 9.81. The van der Waals surface area contributed by atoms with Gasteiger partial charge in [0.15, 0.2) is 11.6 Å². The second kappa shape index (κ2) is 8.51. The molecular formula is C30H27N3. The molecule has 162 valence electrons. The predicted octanol–water partition coefficient (Wildman–Crippen LogP) is 7.77. The molecule has 0 aliphatic carbocycles. The number of aromatic amines is 1. The molecule has 0 aliphatic rings. The SMILES string of the molecule is CC(C)(C)c1cc(-c2n[nH]c(-c3ccc(-c4ccccc4)cc3)n2)ccc1-c1ccccc1. The molecule has 33 heavy (non-hydrogen) atoms. The maximum absolute atomic E-state index is 4.81. The molecule has 4 aromatic carbocycles. The first-order valence-corrected chi connectivity index (χ1v) is 11.3. The fraction of sp³-hybridized carbons (Fsp3) is 0.133. The lowest BCUT2D eigenvalue weighted by molar-refractivity contribution is 0.592. The van der Waals surface area contributed by atoms with Crippen molar-refractivity contribution in [2.75, 3.05) is 0 Å². The zero-order chi connectivity index (χ0) is 22.8. The molecule has 0 radical (unpaired) electrons. The molecule has 1 aromatic heterocycles. The van der Waals surface area contributed by atoms with Gasteiger partial charge in [-0.1, -0.05) is 118 Å². The van der Waals surface area contributed by atoms with Crippen molar-refractivity contribution in [1.82, 2.24) is 15.2 Å². The van der Waals surface area contributed by atoms with Gasteiger partial charge < -0.3 is 0 Å². The first kappa shape index (κ1) is 20.9. The molecule has 0 atom stereocenters. The van der Waals surface area contributed by atoms with Crippen LogP contribution in [0.4, 0.5) is 0 Å². The van der Waals surface area contributed by atoms with E-state index in [4.69, 9.17) is 4.98 Å². The lowest BCUT2D eigenvalue weighted by Gasteiger charge is -2.24. The third-order valence-electron chi connectivity index (χ3n) is 5.92. The Labute approximate surface area is 195 Å². The number of benzene rings is 4. The van der Waals surface area contributed by atoms with Crippen molar-refractivity contribution in [2.24, 2.45) is 0 Å². The molecule has 1 N–H and O–H groups in total. The van der Waals surface area contributed by atoms with Gasteiger partial charge in [0.1, 0.15) is 0 Å². The van der Waals surface area contributed by atoms with E-state index in [-0.39, 0.29) is 5.41 Å². The normalized spacial score (nSPS) is 11.5. The molecule has 0 saturated heterocycles. The second-order valence-corrected chi connectivity index (χ2v) is 9.33. The van der Waals surface area contributed by atoms with Crippen molar-refractivity contribution in [2.45, 2.75) is 26.2 Å². The number of nitrogens with one attached hydrogen (secondary N) is 1. The Morgan fingerprint density at radius 3 is 1.76 bits per heavy atom. The highest BCUT2D eigenvalue weighted by Crippen LogP contribution is 2.36. The molecule has 0 aliphatic heterocycles. The van der Waals surface area contributed by atoms with Crippen LogP contribution in [-0.4, -0.2) is 15.2 Å². The Morgan fingerprint density at radius 2 is 1.12 bits per heavy atom. The summed E-state index contributed by atoms with van der Waals surface area (Å²) in [5, 5.41) is 7.66. The molecule has 0 bridgehead atoms. The van der Waals surface area contributed by atoms with Gasteiger partial charge in [0.05, 0.1) is 0 Å². The van der Waals surface area contributed by atoms with E-state index in [2.05, 4.69) is 128 Å². The molecule has 5 aromatic rings. The van der Waals surface area contributed by atoms with Gasteiger partial charge in [-0.15, -0.1) is 0 Å². The van der Waals surface area contributed by atoms with Crippen LogP contribution in [0.5, 0.6) is 0 Å². The van der Waals surface area contributed by atoms with Crippen LogP contribution in [0.1, 0.15) is 26.3 Å². The van der Waals surface area contributed by atoms with Gasteiger partial charge in [-0.25, -0.2) is 4.98 Å². The molecule has 0 saturated carbocycles. The van der Waals surface area contributed by atoms with Crippen molar-refractivity contribution in [3.8, 4) is 45.0 Å². The molecule has 5 rings (SSSR count). The summed E-state index contributed by atoms with van der Waals surface area (Å²) in [6, 6.07) is 35.9. The maximum Gasteiger partial charge on any atom is 0.181 e. The van der Waals surface area contributed by atoms with Crippen LogP contribution in [0.25, 0.3) is 45.0 Å². The van der Waals surface area contributed by atoms with Crippen molar-refractivity contribution >= 4 is 0 Å². The molecule has 1 heterocycles. The Balaban J connectivity index is 1.47. The van der Waals surface area contributed by atoms with Crippen LogP contribution in [0.3, 0.4) is 0 Å². The molecule has 0 spiro atoms. The Bertz CT molecular complexity index is 1360. The highest BCUT2D eigenvalue weighted by atomic mass is 15.2. The number of hydrogen-bond acceptors (Lipinski definition) is 2. The van der Waals surface area contributed by atoms with Crippen molar-refractivity contribution in [1.29, 1.82) is 0 Å². The van der Waals surface area contributed by atoms with Gasteiger partial charge in [-0.2, -0.15) is 5.10 Å². The van der Waals surface area contributed by atoms with Crippen LogP contribution >= 0.6 is 0 Å². The predicted molar refractivity (Wildman–Crippen MR) is 137 cm³/mol.